The number of hydrogen-bond donors (Lipinski definition) is 2. The van der Waals surface area contributed by atoms with Crippen LogP contribution in [0.15, 0.2) is 54.6 Å². The summed E-state index contributed by atoms with van der Waals surface area (Å²) in [7, 11) is 0. The third kappa shape index (κ3) is 4.66. The van der Waals surface area contributed by atoms with E-state index < -0.39 is 17.9 Å². The fourth-order valence-corrected chi connectivity index (χ4v) is 2.74. The molecular formula is C20H21N3O5. The number of benzene rings is 2. The predicted octanol–water partition coefficient (Wildman–Crippen LogP) is 1.42. The molecule has 1 heterocycles. The third-order valence-corrected chi connectivity index (χ3v) is 4.05. The Hall–Kier alpha value is -3.39. The summed E-state index contributed by atoms with van der Waals surface area (Å²) in [5.41, 5.74) is 5.48. The van der Waals surface area contributed by atoms with Gasteiger partial charge in [-0.3, -0.25) is 19.8 Å². The normalized spacial score (nSPS) is 16.2. The van der Waals surface area contributed by atoms with Gasteiger partial charge in [0.1, 0.15) is 17.5 Å². The van der Waals surface area contributed by atoms with Crippen LogP contribution in [0.4, 0.5) is 5.69 Å². The number of hydrogen-bond acceptors (Lipinski definition) is 6. The van der Waals surface area contributed by atoms with Crippen molar-refractivity contribution in [2.24, 2.45) is 0 Å². The Balaban J connectivity index is 1.52. The highest BCUT2D eigenvalue weighted by atomic mass is 16.5. The van der Waals surface area contributed by atoms with Crippen LogP contribution in [-0.4, -0.2) is 37.0 Å². The predicted molar refractivity (Wildman–Crippen MR) is 102 cm³/mol. The smallest absolute Gasteiger partial charge is 0.272 e. The van der Waals surface area contributed by atoms with E-state index in [0.29, 0.717) is 23.8 Å². The number of nitrogens with zero attached hydrogens (tertiary/aromatic N) is 1. The van der Waals surface area contributed by atoms with Gasteiger partial charge < -0.3 is 9.47 Å². The lowest BCUT2D eigenvalue weighted by Crippen LogP contribution is -2.49. The lowest BCUT2D eigenvalue weighted by atomic mass is 10.2. The molecule has 3 rings (SSSR count). The molecule has 2 N–H and O–H groups in total. The quantitative estimate of drug-likeness (QED) is 0.529. The van der Waals surface area contributed by atoms with Crippen molar-refractivity contribution in [1.82, 2.24) is 10.9 Å². The molecule has 1 aliphatic heterocycles. The van der Waals surface area contributed by atoms with Gasteiger partial charge in [0.25, 0.3) is 11.8 Å². The summed E-state index contributed by atoms with van der Waals surface area (Å²) < 4.78 is 10.7. The second-order valence-electron chi connectivity index (χ2n) is 6.05. The van der Waals surface area contributed by atoms with Crippen LogP contribution in [0.2, 0.25) is 0 Å². The number of anilines is 1. The number of hydrazine groups is 1. The first-order valence-corrected chi connectivity index (χ1v) is 8.90. The summed E-state index contributed by atoms with van der Waals surface area (Å²) in [5.74, 6) is -0.0133. The number of nitrogens with one attached hydrogen (secondary N) is 2. The van der Waals surface area contributed by atoms with Gasteiger partial charge in [0.2, 0.25) is 5.91 Å². The molecular weight excluding hydrogens is 362 g/mol. The fraction of sp³-hybridized carbons (Fsp3) is 0.250. The average molecular weight is 383 g/mol. The highest BCUT2D eigenvalue weighted by Crippen LogP contribution is 2.25. The Kier molecular flexibility index (Phi) is 6.23. The molecule has 0 spiro atoms. The van der Waals surface area contributed by atoms with Crippen molar-refractivity contribution in [3.8, 4) is 11.5 Å². The molecule has 8 nitrogen and oxygen atoms in total. The van der Waals surface area contributed by atoms with E-state index in [9.17, 15) is 14.4 Å². The number of amides is 3. The minimum atomic E-state index is -0.834. The summed E-state index contributed by atoms with van der Waals surface area (Å²) in [6, 6.07) is 14.8. The molecule has 1 aliphatic rings. The van der Waals surface area contributed by atoms with Gasteiger partial charge in [-0.25, -0.2) is 10.3 Å². The van der Waals surface area contributed by atoms with Crippen molar-refractivity contribution >= 4 is 23.4 Å². The Morgan fingerprint density at radius 2 is 1.71 bits per heavy atom. The second kappa shape index (κ2) is 9.01. The van der Waals surface area contributed by atoms with Crippen molar-refractivity contribution in [2.75, 3.05) is 18.1 Å². The SMILES string of the molecule is CCOc1ccc(N2C(=O)CC(NNC(=O)COc3ccccc3)C2=O)cc1. The van der Waals surface area contributed by atoms with Crippen LogP contribution in [0.25, 0.3) is 0 Å². The first-order valence-electron chi connectivity index (χ1n) is 8.90. The maximum atomic E-state index is 12.5. The first kappa shape index (κ1) is 19.4. The summed E-state index contributed by atoms with van der Waals surface area (Å²) in [6.07, 6.45) is -0.0497. The molecule has 8 heteroatoms. The van der Waals surface area contributed by atoms with Crippen LogP contribution >= 0.6 is 0 Å². The highest BCUT2D eigenvalue weighted by molar-refractivity contribution is 6.22. The Morgan fingerprint density at radius 3 is 2.39 bits per heavy atom. The number of rotatable bonds is 8. The molecule has 3 amide bonds. The molecule has 0 saturated carbocycles. The van der Waals surface area contributed by atoms with Crippen LogP contribution in [-0.2, 0) is 14.4 Å². The maximum Gasteiger partial charge on any atom is 0.272 e. The number of para-hydroxylation sites is 1. The van der Waals surface area contributed by atoms with Gasteiger partial charge in [-0.2, -0.15) is 0 Å². The van der Waals surface area contributed by atoms with Crippen LogP contribution in [0, 0.1) is 0 Å². The molecule has 1 saturated heterocycles. The lowest BCUT2D eigenvalue weighted by Gasteiger charge is -2.16. The van der Waals surface area contributed by atoms with Gasteiger partial charge in [-0.1, -0.05) is 18.2 Å². The van der Waals surface area contributed by atoms with Crippen LogP contribution in [0.3, 0.4) is 0 Å². The zero-order chi connectivity index (χ0) is 19.9. The standard InChI is InChI=1S/C20H21N3O5/c1-2-27-16-10-8-14(9-11-16)23-19(25)12-17(20(23)26)21-22-18(24)13-28-15-6-4-3-5-7-15/h3-11,17,21H,2,12-13H2,1H3,(H,22,24). The van der Waals surface area contributed by atoms with Gasteiger partial charge in [0.15, 0.2) is 6.61 Å². The average Bonchev–Trinajstić information content (AvgIpc) is 3.00. The Morgan fingerprint density at radius 1 is 1.04 bits per heavy atom. The first-order chi connectivity index (χ1) is 13.6. The molecule has 0 radical (unpaired) electrons. The number of ether oxygens (including phenoxy) is 2. The van der Waals surface area contributed by atoms with Crippen molar-refractivity contribution in [3.05, 3.63) is 54.6 Å². The maximum absolute atomic E-state index is 12.5. The summed E-state index contributed by atoms with van der Waals surface area (Å²) >= 11 is 0. The molecule has 1 fully saturated rings. The molecule has 28 heavy (non-hydrogen) atoms. The van der Waals surface area contributed by atoms with Crippen molar-refractivity contribution in [1.29, 1.82) is 0 Å². The molecule has 0 aromatic heterocycles. The lowest BCUT2D eigenvalue weighted by molar-refractivity contribution is -0.125. The van der Waals surface area contributed by atoms with Crippen molar-refractivity contribution in [2.45, 2.75) is 19.4 Å². The Bertz CT molecular complexity index is 839. The number of carbonyl (C=O) groups excluding carboxylic acids is 3. The molecule has 1 atom stereocenters. The van der Waals surface area contributed by atoms with E-state index in [4.69, 9.17) is 9.47 Å². The van der Waals surface area contributed by atoms with E-state index in [0.717, 1.165) is 4.90 Å². The highest BCUT2D eigenvalue weighted by Gasteiger charge is 2.39. The molecule has 0 bridgehead atoms. The van der Waals surface area contributed by atoms with Crippen LogP contribution in [0.1, 0.15) is 13.3 Å². The minimum absolute atomic E-state index is 0.0497. The van der Waals surface area contributed by atoms with E-state index in [2.05, 4.69) is 10.9 Å². The zero-order valence-electron chi connectivity index (χ0n) is 15.4. The van der Waals surface area contributed by atoms with E-state index >= 15 is 0 Å². The van der Waals surface area contributed by atoms with E-state index in [-0.39, 0.29) is 18.9 Å². The summed E-state index contributed by atoms with van der Waals surface area (Å²) in [4.78, 5) is 37.8. The second-order valence-corrected chi connectivity index (χ2v) is 6.05. The summed E-state index contributed by atoms with van der Waals surface area (Å²) in [6.45, 7) is 2.19. The molecule has 1 unspecified atom stereocenters. The fourth-order valence-electron chi connectivity index (χ4n) is 2.74. The van der Waals surface area contributed by atoms with Gasteiger partial charge in [-0.15, -0.1) is 0 Å². The van der Waals surface area contributed by atoms with Gasteiger partial charge in [-0.05, 0) is 43.3 Å². The van der Waals surface area contributed by atoms with Gasteiger partial charge in [0, 0.05) is 0 Å². The van der Waals surface area contributed by atoms with Crippen molar-refractivity contribution < 1.29 is 23.9 Å². The van der Waals surface area contributed by atoms with E-state index in [1.54, 1.807) is 48.5 Å². The molecule has 2 aromatic rings. The summed E-state index contributed by atoms with van der Waals surface area (Å²) in [5, 5.41) is 0. The van der Waals surface area contributed by atoms with Gasteiger partial charge >= 0.3 is 0 Å². The molecule has 0 aliphatic carbocycles. The monoisotopic (exact) mass is 383 g/mol. The number of carbonyl (C=O) groups is 3. The number of imide groups is 1. The van der Waals surface area contributed by atoms with Gasteiger partial charge in [0.05, 0.1) is 18.7 Å². The molecule has 146 valence electrons. The largest absolute Gasteiger partial charge is 0.494 e. The Labute approximate surface area is 162 Å². The van der Waals surface area contributed by atoms with E-state index in [1.165, 1.54) is 0 Å². The van der Waals surface area contributed by atoms with Crippen molar-refractivity contribution in [3.63, 3.8) is 0 Å². The third-order valence-electron chi connectivity index (χ3n) is 4.05. The zero-order valence-corrected chi connectivity index (χ0v) is 15.4. The minimum Gasteiger partial charge on any atom is -0.494 e. The van der Waals surface area contributed by atoms with Crippen LogP contribution in [0.5, 0.6) is 11.5 Å². The topological polar surface area (TPSA) is 97.0 Å². The van der Waals surface area contributed by atoms with Crippen LogP contribution < -0.4 is 25.2 Å². The van der Waals surface area contributed by atoms with E-state index in [1.807, 2.05) is 13.0 Å². The molecule has 2 aromatic carbocycles.